The molecule has 0 saturated heterocycles. The molecule has 0 unspecified atom stereocenters. The van der Waals surface area contributed by atoms with Gasteiger partial charge in [-0.1, -0.05) is 64.7 Å². The molecule has 28 heavy (non-hydrogen) atoms. The zero-order valence-corrected chi connectivity index (χ0v) is 20.7. The highest BCUT2D eigenvalue weighted by Gasteiger charge is 2.36. The molecule has 0 aliphatic rings. The molecule has 1 aromatic rings. The highest BCUT2D eigenvalue weighted by atomic mass is 32.2. The molecule has 0 radical (unpaired) electrons. The highest BCUT2D eigenvalue weighted by molar-refractivity contribution is 7.86. The van der Waals surface area contributed by atoms with Crippen LogP contribution in [0.4, 0.5) is 0 Å². The molecule has 6 heteroatoms. The van der Waals surface area contributed by atoms with Crippen LogP contribution in [0.2, 0.25) is 18.1 Å². The van der Waals surface area contributed by atoms with Gasteiger partial charge in [-0.15, -0.1) is 0 Å². The van der Waals surface area contributed by atoms with Gasteiger partial charge >= 0.3 is 0 Å². The van der Waals surface area contributed by atoms with Crippen molar-refractivity contribution in [2.75, 3.05) is 13.2 Å². The molecule has 0 spiro atoms. The molecule has 1 aromatic carbocycles. The molecular formula is C22H40O4SSi. The Morgan fingerprint density at radius 3 is 2.14 bits per heavy atom. The quantitative estimate of drug-likeness (QED) is 0.222. The van der Waals surface area contributed by atoms with Crippen LogP contribution in [0.1, 0.15) is 65.4 Å². The Balaban J connectivity index is 2.19. The average Bonchev–Trinajstić information content (AvgIpc) is 2.58. The number of benzene rings is 1. The van der Waals surface area contributed by atoms with E-state index >= 15 is 0 Å². The summed E-state index contributed by atoms with van der Waals surface area (Å²) in [6.07, 6.45) is 5.47. The zero-order chi connectivity index (χ0) is 21.4. The van der Waals surface area contributed by atoms with Gasteiger partial charge in [0.05, 0.1) is 11.5 Å². The van der Waals surface area contributed by atoms with Gasteiger partial charge in [-0.05, 0) is 55.9 Å². The van der Waals surface area contributed by atoms with Crippen molar-refractivity contribution in [3.05, 3.63) is 29.8 Å². The summed E-state index contributed by atoms with van der Waals surface area (Å²) in [5.41, 5.74) is 1.03. The smallest absolute Gasteiger partial charge is 0.296 e. The van der Waals surface area contributed by atoms with Crippen molar-refractivity contribution in [2.45, 2.75) is 89.8 Å². The predicted molar refractivity (Wildman–Crippen MR) is 120 cm³/mol. The summed E-state index contributed by atoms with van der Waals surface area (Å²) in [4.78, 5) is 0.229. The lowest BCUT2D eigenvalue weighted by molar-refractivity contribution is 0.251. The van der Waals surface area contributed by atoms with Crippen molar-refractivity contribution in [1.82, 2.24) is 0 Å². The molecule has 0 amide bonds. The molecule has 0 N–H and O–H groups in total. The van der Waals surface area contributed by atoms with E-state index in [1.54, 1.807) is 24.3 Å². The van der Waals surface area contributed by atoms with E-state index in [1.807, 2.05) is 13.8 Å². The van der Waals surface area contributed by atoms with Gasteiger partial charge in [0.1, 0.15) is 0 Å². The largest absolute Gasteiger partial charge is 0.417 e. The van der Waals surface area contributed by atoms with Gasteiger partial charge in [-0.25, -0.2) is 0 Å². The SMILES string of the molecule is Cc1ccc(S(=O)(=O)OC[C@H](C)CCCCCCO[Si](C)(C)C(C)(C)C)cc1. The molecule has 0 heterocycles. The number of rotatable bonds is 12. The molecule has 0 aliphatic carbocycles. The van der Waals surface area contributed by atoms with Crippen molar-refractivity contribution < 1.29 is 17.0 Å². The summed E-state index contributed by atoms with van der Waals surface area (Å²) in [5.74, 6) is 0.226. The lowest BCUT2D eigenvalue weighted by Crippen LogP contribution is -2.40. The molecular weight excluding hydrogens is 388 g/mol. The second-order valence-electron chi connectivity index (χ2n) is 9.47. The molecule has 0 bridgehead atoms. The maximum Gasteiger partial charge on any atom is 0.296 e. The van der Waals surface area contributed by atoms with E-state index in [1.165, 1.54) is 0 Å². The fourth-order valence-electron chi connectivity index (χ4n) is 2.55. The van der Waals surface area contributed by atoms with Crippen LogP contribution in [0, 0.1) is 12.8 Å². The molecule has 0 aromatic heterocycles. The molecule has 0 fully saturated rings. The number of hydrogen-bond acceptors (Lipinski definition) is 4. The molecule has 162 valence electrons. The number of aryl methyl sites for hydroxylation is 1. The minimum absolute atomic E-state index is 0.226. The van der Waals surface area contributed by atoms with Gasteiger partial charge < -0.3 is 4.43 Å². The van der Waals surface area contributed by atoms with Gasteiger partial charge in [-0.2, -0.15) is 8.42 Å². The third kappa shape index (κ3) is 8.76. The Kier molecular flexibility index (Phi) is 9.87. The van der Waals surface area contributed by atoms with E-state index in [2.05, 4.69) is 33.9 Å². The van der Waals surface area contributed by atoms with E-state index < -0.39 is 18.4 Å². The van der Waals surface area contributed by atoms with E-state index in [0.717, 1.165) is 44.3 Å². The monoisotopic (exact) mass is 428 g/mol. The van der Waals surface area contributed by atoms with Crippen LogP contribution in [-0.4, -0.2) is 29.9 Å². The first-order valence-corrected chi connectivity index (χ1v) is 14.8. The first kappa shape index (κ1) is 25.3. The van der Waals surface area contributed by atoms with Gasteiger partial charge in [0.2, 0.25) is 0 Å². The zero-order valence-electron chi connectivity index (χ0n) is 18.9. The fourth-order valence-corrected chi connectivity index (χ4v) is 4.66. The molecule has 1 rings (SSSR count). The second-order valence-corrected chi connectivity index (χ2v) is 15.9. The summed E-state index contributed by atoms with van der Waals surface area (Å²) in [7, 11) is -5.28. The Bertz CT molecular complexity index is 675. The molecule has 4 nitrogen and oxygen atoms in total. The maximum absolute atomic E-state index is 12.2. The van der Waals surface area contributed by atoms with E-state index in [0.29, 0.717) is 0 Å². The first-order valence-electron chi connectivity index (χ1n) is 10.5. The second kappa shape index (κ2) is 10.9. The Morgan fingerprint density at radius 2 is 1.57 bits per heavy atom. The minimum Gasteiger partial charge on any atom is -0.417 e. The Hall–Kier alpha value is -0.693. The van der Waals surface area contributed by atoms with Gasteiger partial charge in [0.25, 0.3) is 10.1 Å². The highest BCUT2D eigenvalue weighted by Crippen LogP contribution is 2.36. The summed E-state index contributed by atoms with van der Waals surface area (Å²) in [5, 5.41) is 0.265. The first-order chi connectivity index (χ1) is 12.8. The molecule has 0 aliphatic heterocycles. The van der Waals surface area contributed by atoms with Crippen LogP contribution in [0.5, 0.6) is 0 Å². The van der Waals surface area contributed by atoms with Crippen molar-refractivity contribution in [2.24, 2.45) is 5.92 Å². The normalized spacial score (nSPS) is 14.2. The van der Waals surface area contributed by atoms with Gasteiger partial charge in [-0.3, -0.25) is 4.18 Å². The van der Waals surface area contributed by atoms with Crippen LogP contribution in [0.25, 0.3) is 0 Å². The van der Waals surface area contributed by atoms with E-state index in [9.17, 15) is 8.42 Å². The third-order valence-electron chi connectivity index (χ3n) is 5.68. The van der Waals surface area contributed by atoms with Crippen LogP contribution < -0.4 is 0 Å². The van der Waals surface area contributed by atoms with Crippen LogP contribution in [0.3, 0.4) is 0 Å². The fraction of sp³-hybridized carbons (Fsp3) is 0.727. The average molecular weight is 429 g/mol. The van der Waals surface area contributed by atoms with Gasteiger partial charge in [0.15, 0.2) is 8.32 Å². The maximum atomic E-state index is 12.2. The molecule has 0 saturated carbocycles. The predicted octanol–water partition coefficient (Wildman–Crippen LogP) is 6.31. The minimum atomic E-state index is -3.65. The van der Waals surface area contributed by atoms with Crippen LogP contribution in [-0.2, 0) is 18.7 Å². The molecule has 1 atom stereocenters. The standard InChI is InChI=1S/C22H40O4SSi/c1-19-13-15-21(16-14-19)27(23,24)25-18-20(2)12-10-8-9-11-17-26-28(6,7)22(3,4)5/h13-16,20H,8-12,17-18H2,1-7H3/t20-/m1/s1. The van der Waals surface area contributed by atoms with Crippen LogP contribution >= 0.6 is 0 Å². The van der Waals surface area contributed by atoms with Crippen molar-refractivity contribution >= 4 is 18.4 Å². The van der Waals surface area contributed by atoms with E-state index in [-0.39, 0.29) is 22.5 Å². The summed E-state index contributed by atoms with van der Waals surface area (Å²) in [6, 6.07) is 6.77. The van der Waals surface area contributed by atoms with Crippen molar-refractivity contribution in [3.8, 4) is 0 Å². The lowest BCUT2D eigenvalue weighted by Gasteiger charge is -2.36. The third-order valence-corrected chi connectivity index (χ3v) is 11.5. The number of hydrogen-bond donors (Lipinski definition) is 0. The van der Waals surface area contributed by atoms with E-state index in [4.69, 9.17) is 8.61 Å². The van der Waals surface area contributed by atoms with Gasteiger partial charge in [0, 0.05) is 6.61 Å². The topological polar surface area (TPSA) is 52.6 Å². The Morgan fingerprint density at radius 1 is 1.00 bits per heavy atom. The number of unbranched alkanes of at least 4 members (excludes halogenated alkanes) is 3. The van der Waals surface area contributed by atoms with Crippen molar-refractivity contribution in [1.29, 1.82) is 0 Å². The van der Waals surface area contributed by atoms with Crippen molar-refractivity contribution in [3.63, 3.8) is 0 Å². The Labute approximate surface area is 174 Å². The van der Waals surface area contributed by atoms with Crippen LogP contribution in [0.15, 0.2) is 29.2 Å². The summed E-state index contributed by atoms with van der Waals surface area (Å²) < 4.78 is 35.9. The summed E-state index contributed by atoms with van der Waals surface area (Å²) in [6.45, 7) is 16.4. The lowest BCUT2D eigenvalue weighted by atomic mass is 10.0. The summed E-state index contributed by atoms with van der Waals surface area (Å²) >= 11 is 0.